The summed E-state index contributed by atoms with van der Waals surface area (Å²) in [6.07, 6.45) is 9.49. The number of aromatic nitrogens is 3. The Morgan fingerprint density at radius 2 is 2.00 bits per heavy atom. The summed E-state index contributed by atoms with van der Waals surface area (Å²) < 4.78 is 6.59. The molecule has 128 valence electrons. The molecule has 0 radical (unpaired) electrons. The molecule has 0 amide bonds. The van der Waals surface area contributed by atoms with Crippen LogP contribution < -0.4 is 4.74 Å². The maximum absolute atomic E-state index is 5.72. The normalized spacial score (nSPS) is 18.7. The lowest BCUT2D eigenvalue weighted by Gasteiger charge is -2.30. The lowest BCUT2D eigenvalue weighted by molar-refractivity contribution is 0.132. The van der Waals surface area contributed by atoms with E-state index in [2.05, 4.69) is 30.8 Å². The van der Waals surface area contributed by atoms with Crippen LogP contribution in [-0.4, -0.2) is 39.5 Å². The van der Waals surface area contributed by atoms with Crippen LogP contribution >= 0.6 is 27.3 Å². The Labute approximate surface area is 154 Å². The Bertz CT molecular complexity index is 661. The lowest BCUT2D eigenvalue weighted by atomic mass is 9.98. The molecule has 2 aromatic rings. The second-order valence-corrected chi connectivity index (χ2v) is 8.63. The van der Waals surface area contributed by atoms with Gasteiger partial charge in [-0.3, -0.25) is 4.90 Å². The van der Waals surface area contributed by atoms with Crippen LogP contribution in [0.4, 0.5) is 0 Å². The number of thiazole rings is 1. The number of halogens is 1. The summed E-state index contributed by atoms with van der Waals surface area (Å²) in [6, 6.07) is 0.470. The SMILES string of the molecule is Brc1cnc(OCC2CCN(Cc3nc4c(s3)CCC4)CC2)nc1. The predicted octanol–water partition coefficient (Wildman–Crippen LogP) is 3.48. The van der Waals surface area contributed by atoms with Gasteiger partial charge in [-0.25, -0.2) is 15.0 Å². The van der Waals surface area contributed by atoms with Crippen molar-refractivity contribution in [3.63, 3.8) is 0 Å². The number of hydrogen-bond acceptors (Lipinski definition) is 6. The smallest absolute Gasteiger partial charge is 0.316 e. The summed E-state index contributed by atoms with van der Waals surface area (Å²) >= 11 is 5.26. The standard InChI is InChI=1S/C17H21BrN4OS/c18-13-8-19-17(20-9-13)23-11-12-4-6-22(7-5-12)10-16-21-14-2-1-3-15(14)24-16/h8-9,12H,1-7,10-11H2. The second kappa shape index (κ2) is 7.45. The van der Waals surface area contributed by atoms with Crippen LogP contribution in [0.2, 0.25) is 0 Å². The van der Waals surface area contributed by atoms with Crippen LogP contribution in [0.25, 0.3) is 0 Å². The summed E-state index contributed by atoms with van der Waals surface area (Å²) in [4.78, 5) is 17.2. The van der Waals surface area contributed by atoms with Crippen LogP contribution in [0.1, 0.15) is 34.8 Å². The number of piperidine rings is 1. The van der Waals surface area contributed by atoms with Gasteiger partial charge in [-0.05, 0) is 67.0 Å². The molecule has 1 saturated heterocycles. The van der Waals surface area contributed by atoms with E-state index >= 15 is 0 Å². The summed E-state index contributed by atoms with van der Waals surface area (Å²) in [7, 11) is 0. The molecular weight excluding hydrogens is 388 g/mol. The van der Waals surface area contributed by atoms with Crippen molar-refractivity contribution in [1.82, 2.24) is 19.9 Å². The fourth-order valence-corrected chi connectivity index (χ4v) is 4.79. The molecule has 2 aliphatic rings. The van der Waals surface area contributed by atoms with Gasteiger partial charge < -0.3 is 4.74 Å². The quantitative estimate of drug-likeness (QED) is 0.757. The summed E-state index contributed by atoms with van der Waals surface area (Å²) in [5.41, 5.74) is 1.37. The molecule has 0 atom stereocenters. The van der Waals surface area contributed by atoms with Gasteiger partial charge in [0.2, 0.25) is 0 Å². The molecule has 0 N–H and O–H groups in total. The molecule has 5 nitrogen and oxygen atoms in total. The van der Waals surface area contributed by atoms with Crippen molar-refractivity contribution in [1.29, 1.82) is 0 Å². The van der Waals surface area contributed by atoms with E-state index in [1.165, 1.54) is 47.7 Å². The Balaban J connectivity index is 1.22. The van der Waals surface area contributed by atoms with Crippen LogP contribution in [0, 0.1) is 5.92 Å². The molecule has 0 spiro atoms. The number of likely N-dealkylation sites (tertiary alicyclic amines) is 1. The number of hydrogen-bond donors (Lipinski definition) is 0. The van der Waals surface area contributed by atoms with Gasteiger partial charge >= 0.3 is 6.01 Å². The fourth-order valence-electron chi connectivity index (χ4n) is 3.38. The summed E-state index contributed by atoms with van der Waals surface area (Å²) in [5.74, 6) is 0.592. The van der Waals surface area contributed by atoms with Gasteiger partial charge in [0.05, 0.1) is 23.3 Å². The Morgan fingerprint density at radius 1 is 1.21 bits per heavy atom. The van der Waals surface area contributed by atoms with Crippen molar-refractivity contribution < 1.29 is 4.74 Å². The Hall–Kier alpha value is -1.05. The van der Waals surface area contributed by atoms with E-state index in [9.17, 15) is 0 Å². The van der Waals surface area contributed by atoms with Crippen molar-refractivity contribution in [2.45, 2.75) is 38.6 Å². The molecule has 1 aliphatic heterocycles. The molecule has 24 heavy (non-hydrogen) atoms. The zero-order chi connectivity index (χ0) is 16.4. The van der Waals surface area contributed by atoms with E-state index in [1.54, 1.807) is 12.4 Å². The molecule has 3 heterocycles. The van der Waals surface area contributed by atoms with Crippen LogP contribution in [0.3, 0.4) is 0 Å². The minimum atomic E-state index is 0.470. The first-order chi connectivity index (χ1) is 11.8. The zero-order valence-electron chi connectivity index (χ0n) is 13.6. The van der Waals surface area contributed by atoms with Crippen LogP contribution in [0.5, 0.6) is 6.01 Å². The van der Waals surface area contributed by atoms with Crippen molar-refractivity contribution in [2.75, 3.05) is 19.7 Å². The van der Waals surface area contributed by atoms with E-state index in [-0.39, 0.29) is 0 Å². The molecular formula is C17H21BrN4OS. The van der Waals surface area contributed by atoms with Crippen LogP contribution in [-0.2, 0) is 19.4 Å². The highest BCUT2D eigenvalue weighted by Gasteiger charge is 2.22. The Morgan fingerprint density at radius 3 is 2.75 bits per heavy atom. The zero-order valence-corrected chi connectivity index (χ0v) is 16.0. The Kier molecular flexibility index (Phi) is 5.10. The molecule has 4 rings (SSSR count). The first kappa shape index (κ1) is 16.4. The minimum Gasteiger partial charge on any atom is -0.463 e. The second-order valence-electron chi connectivity index (χ2n) is 6.55. The molecule has 7 heteroatoms. The number of rotatable bonds is 5. The third kappa shape index (κ3) is 3.95. The van der Waals surface area contributed by atoms with E-state index < -0.39 is 0 Å². The average molecular weight is 409 g/mol. The van der Waals surface area contributed by atoms with Crippen molar-refractivity contribution in [3.05, 3.63) is 32.4 Å². The minimum absolute atomic E-state index is 0.470. The first-order valence-corrected chi connectivity index (χ1v) is 10.2. The van der Waals surface area contributed by atoms with E-state index in [4.69, 9.17) is 9.72 Å². The van der Waals surface area contributed by atoms with Crippen LogP contribution in [0.15, 0.2) is 16.9 Å². The van der Waals surface area contributed by atoms with Gasteiger partial charge in [0.1, 0.15) is 5.01 Å². The van der Waals surface area contributed by atoms with Gasteiger partial charge in [0, 0.05) is 17.3 Å². The maximum Gasteiger partial charge on any atom is 0.316 e. The van der Waals surface area contributed by atoms with Gasteiger partial charge in [-0.2, -0.15) is 0 Å². The molecule has 0 unspecified atom stereocenters. The van der Waals surface area contributed by atoms with Gasteiger partial charge in [-0.1, -0.05) is 0 Å². The number of nitrogens with zero attached hydrogens (tertiary/aromatic N) is 4. The summed E-state index contributed by atoms with van der Waals surface area (Å²) in [5, 5.41) is 1.30. The highest BCUT2D eigenvalue weighted by Crippen LogP contribution is 2.29. The van der Waals surface area contributed by atoms with E-state index in [0.29, 0.717) is 18.5 Å². The lowest BCUT2D eigenvalue weighted by Crippen LogP contribution is -2.35. The molecule has 0 saturated carbocycles. The fraction of sp³-hybridized carbons (Fsp3) is 0.588. The summed E-state index contributed by atoms with van der Waals surface area (Å²) in [6.45, 7) is 3.97. The van der Waals surface area contributed by atoms with E-state index in [0.717, 1.165) is 24.1 Å². The van der Waals surface area contributed by atoms with Crippen molar-refractivity contribution in [2.24, 2.45) is 5.92 Å². The monoisotopic (exact) mass is 408 g/mol. The topological polar surface area (TPSA) is 51.1 Å². The molecule has 1 fully saturated rings. The molecule has 0 aromatic carbocycles. The van der Waals surface area contributed by atoms with Crippen molar-refractivity contribution in [3.8, 4) is 6.01 Å². The number of aryl methyl sites for hydroxylation is 2. The molecule has 1 aliphatic carbocycles. The molecule has 2 aromatic heterocycles. The number of fused-ring (bicyclic) bond motifs is 1. The van der Waals surface area contributed by atoms with Gasteiger partial charge in [0.25, 0.3) is 0 Å². The third-order valence-corrected chi connectivity index (χ3v) is 6.30. The largest absolute Gasteiger partial charge is 0.463 e. The highest BCUT2D eigenvalue weighted by molar-refractivity contribution is 9.10. The first-order valence-electron chi connectivity index (χ1n) is 8.56. The van der Waals surface area contributed by atoms with Gasteiger partial charge in [-0.15, -0.1) is 11.3 Å². The third-order valence-electron chi connectivity index (χ3n) is 4.75. The van der Waals surface area contributed by atoms with Gasteiger partial charge in [0.15, 0.2) is 0 Å². The van der Waals surface area contributed by atoms with E-state index in [1.807, 2.05) is 11.3 Å². The maximum atomic E-state index is 5.72. The predicted molar refractivity (Wildman–Crippen MR) is 97.4 cm³/mol. The molecule has 0 bridgehead atoms. The average Bonchev–Trinajstić information content (AvgIpc) is 3.17. The number of ether oxygens (including phenoxy) is 1. The van der Waals surface area contributed by atoms with Crippen molar-refractivity contribution >= 4 is 27.3 Å². The highest BCUT2D eigenvalue weighted by atomic mass is 79.9.